The summed E-state index contributed by atoms with van der Waals surface area (Å²) in [6.45, 7) is 4.49. The van der Waals surface area contributed by atoms with Crippen LogP contribution in [0.1, 0.15) is 25.6 Å². The van der Waals surface area contributed by atoms with Crippen molar-refractivity contribution in [3.05, 3.63) is 12.2 Å². The highest BCUT2D eigenvalue weighted by molar-refractivity contribution is 4.97. The molecule has 5 heteroatoms. The predicted octanol–water partition coefficient (Wildman–Crippen LogP) is -0.0450. The highest BCUT2D eigenvalue weighted by atomic mass is 16.3. The van der Waals surface area contributed by atoms with Gasteiger partial charge >= 0.3 is 0 Å². The van der Waals surface area contributed by atoms with Crippen molar-refractivity contribution in [2.24, 2.45) is 0 Å². The first-order chi connectivity index (χ1) is 7.23. The molecule has 0 bridgehead atoms. The first-order valence-electron chi connectivity index (χ1n) is 5.53. The average Bonchev–Trinajstić information content (AvgIpc) is 2.65. The Labute approximate surface area is 89.5 Å². The number of aryl methyl sites for hydroxylation is 1. The van der Waals surface area contributed by atoms with E-state index in [1.54, 1.807) is 6.33 Å². The zero-order chi connectivity index (χ0) is 10.7. The van der Waals surface area contributed by atoms with E-state index in [2.05, 4.69) is 15.4 Å². The van der Waals surface area contributed by atoms with Crippen molar-refractivity contribution in [1.29, 1.82) is 0 Å². The van der Waals surface area contributed by atoms with Crippen LogP contribution in [0.4, 0.5) is 0 Å². The fraction of sp³-hybridized carbons (Fsp3) is 0.800. The number of aromatic nitrogens is 3. The molecule has 2 rings (SSSR count). The van der Waals surface area contributed by atoms with Crippen molar-refractivity contribution in [2.75, 3.05) is 13.1 Å². The van der Waals surface area contributed by atoms with Gasteiger partial charge in [-0.2, -0.15) is 5.10 Å². The second-order valence-corrected chi connectivity index (χ2v) is 4.17. The number of nitrogens with one attached hydrogen (secondary N) is 1. The van der Waals surface area contributed by atoms with Crippen molar-refractivity contribution in [2.45, 2.75) is 38.3 Å². The Morgan fingerprint density at radius 1 is 1.67 bits per heavy atom. The molecule has 0 aromatic carbocycles. The van der Waals surface area contributed by atoms with E-state index in [0.717, 1.165) is 31.8 Å². The van der Waals surface area contributed by atoms with E-state index in [-0.39, 0.29) is 0 Å². The maximum Gasteiger partial charge on any atom is 0.138 e. The predicted molar refractivity (Wildman–Crippen MR) is 56.5 cm³/mol. The quantitative estimate of drug-likeness (QED) is 0.734. The van der Waals surface area contributed by atoms with Gasteiger partial charge in [0, 0.05) is 19.5 Å². The minimum absolute atomic E-state index is 0.591. The third-order valence-corrected chi connectivity index (χ3v) is 2.93. The molecule has 2 N–H and O–H groups in total. The number of β-amino-alcohol motifs (C(OH)–C–C–N with tert-alkyl or cyclic N) is 1. The van der Waals surface area contributed by atoms with Crippen LogP contribution in [0.25, 0.3) is 0 Å². The van der Waals surface area contributed by atoms with Crippen molar-refractivity contribution < 1.29 is 5.11 Å². The van der Waals surface area contributed by atoms with Crippen LogP contribution >= 0.6 is 0 Å². The summed E-state index contributed by atoms with van der Waals surface area (Å²) in [5, 5.41) is 17.6. The lowest BCUT2D eigenvalue weighted by atomic mass is 9.90. The molecule has 1 fully saturated rings. The van der Waals surface area contributed by atoms with Gasteiger partial charge in [0.05, 0.1) is 5.60 Å². The topological polar surface area (TPSA) is 63.0 Å². The number of piperidine rings is 1. The molecule has 1 aliphatic heterocycles. The van der Waals surface area contributed by atoms with Gasteiger partial charge in [0.15, 0.2) is 0 Å². The summed E-state index contributed by atoms with van der Waals surface area (Å²) >= 11 is 0. The van der Waals surface area contributed by atoms with E-state index in [0.29, 0.717) is 13.0 Å². The van der Waals surface area contributed by atoms with E-state index in [1.165, 1.54) is 0 Å². The Balaban J connectivity index is 2.06. The molecular weight excluding hydrogens is 192 g/mol. The molecule has 1 aromatic rings. The molecule has 0 aliphatic carbocycles. The van der Waals surface area contributed by atoms with Gasteiger partial charge in [-0.1, -0.05) is 0 Å². The molecule has 1 unspecified atom stereocenters. The number of hydrogen-bond donors (Lipinski definition) is 2. The molecule has 1 aromatic heterocycles. The Kier molecular flexibility index (Phi) is 3.02. The van der Waals surface area contributed by atoms with Gasteiger partial charge in [-0.25, -0.2) is 4.98 Å². The molecule has 5 nitrogen and oxygen atoms in total. The Hall–Kier alpha value is -0.940. The van der Waals surface area contributed by atoms with Gasteiger partial charge < -0.3 is 10.4 Å². The molecule has 0 saturated carbocycles. The fourth-order valence-corrected chi connectivity index (χ4v) is 2.09. The van der Waals surface area contributed by atoms with E-state index >= 15 is 0 Å². The zero-order valence-corrected chi connectivity index (χ0v) is 9.11. The van der Waals surface area contributed by atoms with E-state index in [4.69, 9.17) is 0 Å². The fourth-order valence-electron chi connectivity index (χ4n) is 2.09. The van der Waals surface area contributed by atoms with Gasteiger partial charge in [-0.05, 0) is 26.3 Å². The molecule has 0 amide bonds. The summed E-state index contributed by atoms with van der Waals surface area (Å²) in [7, 11) is 0. The van der Waals surface area contributed by atoms with Crippen LogP contribution in [0.3, 0.4) is 0 Å². The van der Waals surface area contributed by atoms with Crippen molar-refractivity contribution >= 4 is 0 Å². The summed E-state index contributed by atoms with van der Waals surface area (Å²) in [6, 6.07) is 0. The molecule has 2 heterocycles. The Morgan fingerprint density at radius 2 is 2.53 bits per heavy atom. The third kappa shape index (κ3) is 2.35. The van der Waals surface area contributed by atoms with Crippen molar-refractivity contribution in [3.63, 3.8) is 0 Å². The normalized spacial score (nSPS) is 26.8. The van der Waals surface area contributed by atoms with E-state index in [1.807, 2.05) is 11.6 Å². The van der Waals surface area contributed by atoms with Gasteiger partial charge in [0.1, 0.15) is 12.2 Å². The summed E-state index contributed by atoms with van der Waals surface area (Å²) < 4.78 is 1.84. The molecule has 1 aliphatic rings. The second kappa shape index (κ2) is 4.28. The number of hydrogen-bond acceptors (Lipinski definition) is 4. The van der Waals surface area contributed by atoms with E-state index < -0.39 is 5.60 Å². The largest absolute Gasteiger partial charge is 0.388 e. The maximum absolute atomic E-state index is 10.3. The number of rotatable bonds is 3. The summed E-state index contributed by atoms with van der Waals surface area (Å²) in [6.07, 6.45) is 4.01. The van der Waals surface area contributed by atoms with Crippen LogP contribution in [-0.4, -0.2) is 38.6 Å². The number of nitrogens with zero attached hydrogens (tertiary/aromatic N) is 3. The van der Waals surface area contributed by atoms with Gasteiger partial charge in [0.2, 0.25) is 0 Å². The number of aliphatic hydroxyl groups is 1. The standard InChI is InChI=1S/C10H18N4O/c1-2-14-9(12-8-13-14)6-10(15)4-3-5-11-7-10/h8,11,15H,2-7H2,1H3. The zero-order valence-electron chi connectivity index (χ0n) is 9.11. The van der Waals surface area contributed by atoms with Crippen molar-refractivity contribution in [1.82, 2.24) is 20.1 Å². The SMILES string of the molecule is CCn1ncnc1CC1(O)CCCNC1. The van der Waals surface area contributed by atoms with Crippen LogP contribution in [-0.2, 0) is 13.0 Å². The second-order valence-electron chi connectivity index (χ2n) is 4.17. The minimum Gasteiger partial charge on any atom is -0.388 e. The highest BCUT2D eigenvalue weighted by Crippen LogP contribution is 2.20. The Morgan fingerprint density at radius 3 is 3.20 bits per heavy atom. The van der Waals surface area contributed by atoms with Crippen LogP contribution < -0.4 is 5.32 Å². The average molecular weight is 210 g/mol. The smallest absolute Gasteiger partial charge is 0.138 e. The Bertz CT molecular complexity index is 317. The molecule has 15 heavy (non-hydrogen) atoms. The summed E-state index contributed by atoms with van der Waals surface area (Å²) in [5.74, 6) is 0.878. The van der Waals surface area contributed by atoms with Crippen LogP contribution in [0.5, 0.6) is 0 Å². The summed E-state index contributed by atoms with van der Waals surface area (Å²) in [4.78, 5) is 4.19. The van der Waals surface area contributed by atoms with Gasteiger partial charge in [-0.15, -0.1) is 0 Å². The first kappa shape index (κ1) is 10.6. The lowest BCUT2D eigenvalue weighted by Gasteiger charge is -2.32. The monoisotopic (exact) mass is 210 g/mol. The van der Waals surface area contributed by atoms with Crippen molar-refractivity contribution in [3.8, 4) is 0 Å². The lowest BCUT2D eigenvalue weighted by molar-refractivity contribution is 0.0143. The van der Waals surface area contributed by atoms with Gasteiger partial charge in [-0.3, -0.25) is 4.68 Å². The molecular formula is C10H18N4O. The molecule has 0 spiro atoms. The molecule has 0 radical (unpaired) electrons. The highest BCUT2D eigenvalue weighted by Gasteiger charge is 2.30. The molecule has 84 valence electrons. The van der Waals surface area contributed by atoms with Crippen LogP contribution in [0.15, 0.2) is 6.33 Å². The molecule has 1 saturated heterocycles. The van der Waals surface area contributed by atoms with Crippen LogP contribution in [0, 0.1) is 0 Å². The molecule has 1 atom stereocenters. The first-order valence-corrected chi connectivity index (χ1v) is 5.53. The third-order valence-electron chi connectivity index (χ3n) is 2.93. The maximum atomic E-state index is 10.3. The summed E-state index contributed by atoms with van der Waals surface area (Å²) in [5.41, 5.74) is -0.641. The van der Waals surface area contributed by atoms with Crippen LogP contribution in [0.2, 0.25) is 0 Å². The van der Waals surface area contributed by atoms with Gasteiger partial charge in [0.25, 0.3) is 0 Å². The van der Waals surface area contributed by atoms with E-state index in [9.17, 15) is 5.11 Å². The lowest BCUT2D eigenvalue weighted by Crippen LogP contribution is -2.47. The minimum atomic E-state index is -0.641.